The van der Waals surface area contributed by atoms with Gasteiger partial charge in [-0.05, 0) is 44.9 Å². The minimum Gasteiger partial charge on any atom is -0.465 e. The monoisotopic (exact) mass is 390 g/mol. The van der Waals surface area contributed by atoms with E-state index in [1.807, 2.05) is 37.3 Å². The first-order valence-electron chi connectivity index (χ1n) is 10.1. The molecule has 6 heteroatoms. The fourth-order valence-corrected chi connectivity index (χ4v) is 3.66. The van der Waals surface area contributed by atoms with Gasteiger partial charge in [-0.2, -0.15) is 0 Å². The lowest BCUT2D eigenvalue weighted by molar-refractivity contribution is -0.125. The number of aromatic nitrogens is 2. The number of furan rings is 1. The van der Waals surface area contributed by atoms with Crippen molar-refractivity contribution in [2.24, 2.45) is 5.92 Å². The van der Waals surface area contributed by atoms with E-state index in [-0.39, 0.29) is 11.8 Å². The molecular weight excluding hydrogens is 364 g/mol. The highest BCUT2D eigenvalue weighted by Gasteiger charge is 2.26. The SMILES string of the molecule is Cc1ccc(-c2nccc(N3CCC[C@@H](C(=O)NCc4ccc(C)o4)C3)n2)cc1. The van der Waals surface area contributed by atoms with E-state index in [0.717, 1.165) is 42.3 Å². The Morgan fingerprint density at radius 3 is 2.76 bits per heavy atom. The average molecular weight is 390 g/mol. The highest BCUT2D eigenvalue weighted by Crippen LogP contribution is 2.24. The lowest BCUT2D eigenvalue weighted by Gasteiger charge is -2.32. The molecule has 29 heavy (non-hydrogen) atoms. The number of amides is 1. The molecule has 1 atom stereocenters. The molecule has 4 rings (SSSR count). The van der Waals surface area contributed by atoms with Crippen molar-refractivity contribution in [1.82, 2.24) is 15.3 Å². The molecule has 2 aromatic heterocycles. The molecule has 1 aliphatic rings. The summed E-state index contributed by atoms with van der Waals surface area (Å²) in [5.74, 6) is 3.22. The summed E-state index contributed by atoms with van der Waals surface area (Å²) in [5.41, 5.74) is 2.21. The van der Waals surface area contributed by atoms with Gasteiger partial charge in [0.1, 0.15) is 17.3 Å². The Hall–Kier alpha value is -3.15. The van der Waals surface area contributed by atoms with E-state index in [0.29, 0.717) is 18.9 Å². The summed E-state index contributed by atoms with van der Waals surface area (Å²) in [6.45, 7) is 5.94. The maximum Gasteiger partial charge on any atom is 0.225 e. The maximum absolute atomic E-state index is 12.7. The summed E-state index contributed by atoms with van der Waals surface area (Å²) in [6.07, 6.45) is 3.64. The van der Waals surface area contributed by atoms with Gasteiger partial charge in [-0.3, -0.25) is 4.79 Å². The Morgan fingerprint density at radius 1 is 1.17 bits per heavy atom. The predicted octanol–water partition coefficient (Wildman–Crippen LogP) is 3.89. The van der Waals surface area contributed by atoms with Crippen LogP contribution in [-0.4, -0.2) is 29.0 Å². The Bertz CT molecular complexity index is 981. The molecule has 0 saturated carbocycles. The van der Waals surface area contributed by atoms with E-state index in [1.165, 1.54) is 5.56 Å². The number of rotatable bonds is 5. The van der Waals surface area contributed by atoms with Crippen molar-refractivity contribution >= 4 is 11.7 Å². The van der Waals surface area contributed by atoms with Crippen molar-refractivity contribution in [2.75, 3.05) is 18.0 Å². The number of hydrogen-bond acceptors (Lipinski definition) is 5. The van der Waals surface area contributed by atoms with Gasteiger partial charge in [0, 0.05) is 24.8 Å². The molecule has 1 N–H and O–H groups in total. The Kier molecular flexibility index (Phi) is 5.60. The largest absolute Gasteiger partial charge is 0.465 e. The quantitative estimate of drug-likeness (QED) is 0.716. The molecule has 6 nitrogen and oxygen atoms in total. The van der Waals surface area contributed by atoms with E-state index in [2.05, 4.69) is 34.3 Å². The minimum atomic E-state index is -0.0578. The smallest absolute Gasteiger partial charge is 0.225 e. The fraction of sp³-hybridized carbons (Fsp3) is 0.348. The third-order valence-electron chi connectivity index (χ3n) is 5.30. The molecular formula is C23H26N4O2. The number of nitrogens with one attached hydrogen (secondary N) is 1. The van der Waals surface area contributed by atoms with Crippen LogP contribution in [0.15, 0.2) is 53.1 Å². The number of aryl methyl sites for hydroxylation is 2. The summed E-state index contributed by atoms with van der Waals surface area (Å²) in [5, 5.41) is 3.00. The van der Waals surface area contributed by atoms with Crippen molar-refractivity contribution in [3.8, 4) is 11.4 Å². The van der Waals surface area contributed by atoms with E-state index in [4.69, 9.17) is 9.40 Å². The lowest BCUT2D eigenvalue weighted by Crippen LogP contribution is -2.43. The molecule has 150 valence electrons. The van der Waals surface area contributed by atoms with Crippen LogP contribution in [0.3, 0.4) is 0 Å². The van der Waals surface area contributed by atoms with Crippen molar-refractivity contribution in [1.29, 1.82) is 0 Å². The molecule has 0 bridgehead atoms. The van der Waals surface area contributed by atoms with Gasteiger partial charge in [-0.15, -0.1) is 0 Å². The molecule has 0 radical (unpaired) electrons. The van der Waals surface area contributed by atoms with Gasteiger partial charge in [0.25, 0.3) is 0 Å². The van der Waals surface area contributed by atoms with Crippen LogP contribution in [0.5, 0.6) is 0 Å². The Labute approximate surface area is 171 Å². The number of hydrogen-bond donors (Lipinski definition) is 1. The summed E-state index contributed by atoms with van der Waals surface area (Å²) in [7, 11) is 0. The van der Waals surface area contributed by atoms with Gasteiger partial charge in [-0.1, -0.05) is 29.8 Å². The van der Waals surface area contributed by atoms with E-state index < -0.39 is 0 Å². The average Bonchev–Trinajstić information content (AvgIpc) is 3.18. The number of nitrogens with zero attached hydrogens (tertiary/aromatic N) is 3. The molecule has 1 aliphatic heterocycles. The molecule has 1 fully saturated rings. The standard InChI is InChI=1S/C23H26N4O2/c1-16-5-8-18(9-6-16)22-24-12-11-21(26-22)27-13-3-4-19(15-27)23(28)25-14-20-10-7-17(2)29-20/h5-12,19H,3-4,13-15H2,1-2H3,(H,25,28)/t19-/m1/s1. The number of carbonyl (C=O) groups excluding carboxylic acids is 1. The van der Waals surface area contributed by atoms with Gasteiger partial charge in [0.05, 0.1) is 12.5 Å². The summed E-state index contributed by atoms with van der Waals surface area (Å²) < 4.78 is 5.53. The maximum atomic E-state index is 12.7. The van der Waals surface area contributed by atoms with Crippen LogP contribution < -0.4 is 10.2 Å². The van der Waals surface area contributed by atoms with Crippen LogP contribution in [0.2, 0.25) is 0 Å². The highest BCUT2D eigenvalue weighted by atomic mass is 16.3. The number of piperidine rings is 1. The fourth-order valence-electron chi connectivity index (χ4n) is 3.66. The summed E-state index contributed by atoms with van der Waals surface area (Å²) >= 11 is 0. The second kappa shape index (κ2) is 8.47. The first-order valence-corrected chi connectivity index (χ1v) is 10.1. The first-order chi connectivity index (χ1) is 14.1. The zero-order valence-corrected chi connectivity index (χ0v) is 16.9. The van der Waals surface area contributed by atoms with Crippen molar-refractivity contribution in [3.05, 3.63) is 65.7 Å². The van der Waals surface area contributed by atoms with Crippen LogP contribution in [0.1, 0.15) is 29.9 Å². The second-order valence-electron chi connectivity index (χ2n) is 7.62. The van der Waals surface area contributed by atoms with Crippen molar-refractivity contribution < 1.29 is 9.21 Å². The molecule has 3 heterocycles. The minimum absolute atomic E-state index is 0.0578. The van der Waals surface area contributed by atoms with Gasteiger partial charge < -0.3 is 14.6 Å². The van der Waals surface area contributed by atoms with Crippen LogP contribution in [0.25, 0.3) is 11.4 Å². The van der Waals surface area contributed by atoms with Crippen molar-refractivity contribution in [2.45, 2.75) is 33.2 Å². The molecule has 1 aromatic carbocycles. The Morgan fingerprint density at radius 2 is 2.00 bits per heavy atom. The van der Waals surface area contributed by atoms with E-state index in [1.54, 1.807) is 6.20 Å². The van der Waals surface area contributed by atoms with E-state index >= 15 is 0 Å². The zero-order chi connectivity index (χ0) is 20.2. The zero-order valence-electron chi connectivity index (χ0n) is 16.9. The van der Waals surface area contributed by atoms with Crippen LogP contribution >= 0.6 is 0 Å². The van der Waals surface area contributed by atoms with Gasteiger partial charge in [-0.25, -0.2) is 9.97 Å². The van der Waals surface area contributed by atoms with E-state index in [9.17, 15) is 4.79 Å². The molecule has 1 saturated heterocycles. The van der Waals surface area contributed by atoms with Gasteiger partial charge in [0.15, 0.2) is 5.82 Å². The topological polar surface area (TPSA) is 71.3 Å². The van der Waals surface area contributed by atoms with Crippen LogP contribution in [-0.2, 0) is 11.3 Å². The third-order valence-corrected chi connectivity index (χ3v) is 5.30. The predicted molar refractivity (Wildman–Crippen MR) is 112 cm³/mol. The summed E-state index contributed by atoms with van der Waals surface area (Å²) in [4.78, 5) is 24.0. The highest BCUT2D eigenvalue weighted by molar-refractivity contribution is 5.79. The molecule has 1 amide bonds. The number of carbonyl (C=O) groups is 1. The molecule has 3 aromatic rings. The van der Waals surface area contributed by atoms with Crippen molar-refractivity contribution in [3.63, 3.8) is 0 Å². The van der Waals surface area contributed by atoms with Gasteiger partial charge in [0.2, 0.25) is 5.91 Å². The number of benzene rings is 1. The number of anilines is 1. The van der Waals surface area contributed by atoms with Crippen LogP contribution in [0.4, 0.5) is 5.82 Å². The second-order valence-corrected chi connectivity index (χ2v) is 7.62. The lowest BCUT2D eigenvalue weighted by atomic mass is 9.97. The molecule has 0 aliphatic carbocycles. The van der Waals surface area contributed by atoms with Crippen LogP contribution in [0, 0.1) is 19.8 Å². The summed E-state index contributed by atoms with van der Waals surface area (Å²) in [6, 6.07) is 13.9. The normalized spacial score (nSPS) is 16.6. The molecule has 0 unspecified atom stereocenters. The Balaban J connectivity index is 1.42. The molecule has 0 spiro atoms. The van der Waals surface area contributed by atoms with Gasteiger partial charge >= 0.3 is 0 Å². The third kappa shape index (κ3) is 4.65. The first kappa shape index (κ1) is 19.2.